The molecule has 0 fully saturated rings. The van der Waals surface area contributed by atoms with E-state index in [-0.39, 0.29) is 89.6 Å². The molecule has 0 atom stereocenters. The molecule has 0 aromatic carbocycles. The summed E-state index contributed by atoms with van der Waals surface area (Å²) < 4.78 is 0. The molecule has 0 rings (SSSR count). The molecular formula is H8KMoNO2. The normalized spacial score (nSPS) is 0. The van der Waals surface area contributed by atoms with Gasteiger partial charge in [-0.1, -0.05) is 0 Å². The second-order valence-corrected chi connectivity index (χ2v) is 0. The SMILES string of the molecule is N.O.O.[KH].[Mo]. The van der Waals surface area contributed by atoms with Crippen LogP contribution in [0.15, 0.2) is 0 Å². The molecule has 0 radical (unpaired) electrons. The average Bonchev–Trinajstić information content (AvgIpc) is 0. The van der Waals surface area contributed by atoms with Gasteiger partial charge in [0.2, 0.25) is 0 Å². The minimum atomic E-state index is 0. The molecule has 0 saturated heterocycles. The van der Waals surface area contributed by atoms with Gasteiger partial charge in [-0.25, -0.2) is 0 Å². The summed E-state index contributed by atoms with van der Waals surface area (Å²) in [4.78, 5) is 0. The Hall–Kier alpha value is 2.20. The van der Waals surface area contributed by atoms with Gasteiger partial charge in [-0.3, -0.25) is 0 Å². The van der Waals surface area contributed by atoms with E-state index < -0.39 is 0 Å². The van der Waals surface area contributed by atoms with E-state index in [2.05, 4.69) is 0 Å². The minimum Gasteiger partial charge on any atom is 0 e. The van der Waals surface area contributed by atoms with Gasteiger partial charge < -0.3 is 17.1 Å². The van der Waals surface area contributed by atoms with Crippen molar-refractivity contribution in [2.75, 3.05) is 0 Å². The first kappa shape index (κ1) is 57.1. The van der Waals surface area contributed by atoms with Crippen molar-refractivity contribution in [1.82, 2.24) is 6.15 Å². The Kier molecular flexibility index (Phi) is 395. The number of rotatable bonds is 0. The minimum absolute atomic E-state index is 0. The summed E-state index contributed by atoms with van der Waals surface area (Å²) in [6.07, 6.45) is 0. The summed E-state index contributed by atoms with van der Waals surface area (Å²) in [6.45, 7) is 0. The molecule has 0 saturated carbocycles. The third kappa shape index (κ3) is 22.6. The van der Waals surface area contributed by atoms with E-state index in [1.165, 1.54) is 0 Å². The molecule has 0 aliphatic heterocycles. The molecule has 3 nitrogen and oxygen atoms in total. The fourth-order valence-electron chi connectivity index (χ4n) is 0. The van der Waals surface area contributed by atoms with Gasteiger partial charge in [-0.05, 0) is 0 Å². The van der Waals surface area contributed by atoms with Crippen LogP contribution in [0.3, 0.4) is 0 Å². The standard InChI is InChI=1S/K.Mo.H3N.2H2O.H/h;;1H3;2*1H2;. The molecular weight excluding hydrogens is 181 g/mol. The van der Waals surface area contributed by atoms with Crippen LogP contribution in [0, 0.1) is 0 Å². The van der Waals surface area contributed by atoms with E-state index in [1.54, 1.807) is 0 Å². The fraction of sp³-hybridized carbons (Fsp3) is 0. The van der Waals surface area contributed by atoms with Crippen molar-refractivity contribution in [1.29, 1.82) is 0 Å². The summed E-state index contributed by atoms with van der Waals surface area (Å²) in [5.41, 5.74) is 0. The van der Waals surface area contributed by atoms with Gasteiger partial charge in [0.1, 0.15) is 0 Å². The molecule has 0 amide bonds. The Balaban J connectivity index is 0. The van der Waals surface area contributed by atoms with Gasteiger partial charge in [0.05, 0.1) is 0 Å². The van der Waals surface area contributed by atoms with Gasteiger partial charge in [-0.15, -0.1) is 0 Å². The van der Waals surface area contributed by atoms with Crippen LogP contribution in [0.5, 0.6) is 0 Å². The van der Waals surface area contributed by atoms with Crippen LogP contribution in [-0.4, -0.2) is 62.3 Å². The quantitative estimate of drug-likeness (QED) is 0.432. The predicted molar refractivity (Wildman–Crippen MR) is 19.4 cm³/mol. The second kappa shape index (κ2) is 34.6. The van der Waals surface area contributed by atoms with E-state index >= 15 is 0 Å². The first-order valence-corrected chi connectivity index (χ1v) is 0. The van der Waals surface area contributed by atoms with Crippen molar-refractivity contribution in [3.8, 4) is 0 Å². The summed E-state index contributed by atoms with van der Waals surface area (Å²) >= 11 is 0. The molecule has 0 spiro atoms. The first-order valence-electron chi connectivity index (χ1n) is 0. The average molecular weight is 189 g/mol. The van der Waals surface area contributed by atoms with Crippen molar-refractivity contribution in [2.24, 2.45) is 0 Å². The zero-order chi connectivity index (χ0) is 0. The van der Waals surface area contributed by atoms with Crippen LogP contribution in [-0.2, 0) is 21.1 Å². The first-order chi connectivity index (χ1) is 0. The molecule has 0 unspecified atom stereocenters. The van der Waals surface area contributed by atoms with Crippen LogP contribution in [0.1, 0.15) is 0 Å². The Morgan fingerprint density at radius 2 is 0.800 bits per heavy atom. The predicted octanol–water partition coefficient (Wildman–Crippen LogP) is -2.14. The zero-order valence-corrected chi connectivity index (χ0v) is 4.12. The maximum atomic E-state index is 0. The molecule has 7 N–H and O–H groups in total. The number of hydrogen-bond acceptors (Lipinski definition) is 1. The van der Waals surface area contributed by atoms with Gasteiger partial charge in [0.15, 0.2) is 0 Å². The third-order valence-corrected chi connectivity index (χ3v) is 0. The Morgan fingerprint density at radius 3 is 0.800 bits per heavy atom. The monoisotopic (exact) mass is 191 g/mol. The van der Waals surface area contributed by atoms with E-state index in [9.17, 15) is 0 Å². The zero-order valence-electron chi connectivity index (χ0n) is 2.12. The Morgan fingerprint density at radius 1 is 0.800 bits per heavy atom. The van der Waals surface area contributed by atoms with Gasteiger partial charge >= 0.3 is 51.4 Å². The maximum absolute atomic E-state index is 0. The molecule has 0 aliphatic rings. The fourth-order valence-corrected chi connectivity index (χ4v) is 0. The smallest absolute Gasteiger partial charge is 0 e. The summed E-state index contributed by atoms with van der Waals surface area (Å²) in [5.74, 6) is 0. The van der Waals surface area contributed by atoms with Crippen molar-refractivity contribution in [3.63, 3.8) is 0 Å². The molecule has 32 valence electrons. The van der Waals surface area contributed by atoms with Gasteiger partial charge in [0, 0.05) is 21.1 Å². The van der Waals surface area contributed by atoms with Crippen LogP contribution < -0.4 is 6.15 Å². The van der Waals surface area contributed by atoms with Gasteiger partial charge in [-0.2, -0.15) is 0 Å². The topological polar surface area (TPSA) is 98.0 Å². The summed E-state index contributed by atoms with van der Waals surface area (Å²) in [6, 6.07) is 0. The van der Waals surface area contributed by atoms with E-state index in [4.69, 9.17) is 0 Å². The third-order valence-electron chi connectivity index (χ3n) is 0. The second-order valence-electron chi connectivity index (χ2n) is 0. The summed E-state index contributed by atoms with van der Waals surface area (Å²) in [7, 11) is 0. The van der Waals surface area contributed by atoms with Crippen LogP contribution in [0.4, 0.5) is 0 Å². The van der Waals surface area contributed by atoms with Crippen LogP contribution in [0.2, 0.25) is 0 Å². The molecule has 5 heteroatoms. The van der Waals surface area contributed by atoms with Crippen molar-refractivity contribution < 1.29 is 32.0 Å². The van der Waals surface area contributed by atoms with Crippen LogP contribution in [0.25, 0.3) is 0 Å². The van der Waals surface area contributed by atoms with Crippen molar-refractivity contribution >= 4 is 51.4 Å². The molecule has 0 bridgehead atoms. The summed E-state index contributed by atoms with van der Waals surface area (Å²) in [5, 5.41) is 0. The molecule has 5 heavy (non-hydrogen) atoms. The van der Waals surface area contributed by atoms with E-state index in [0.717, 1.165) is 0 Å². The Labute approximate surface area is 87.8 Å². The van der Waals surface area contributed by atoms with Gasteiger partial charge in [0.25, 0.3) is 0 Å². The van der Waals surface area contributed by atoms with Crippen molar-refractivity contribution in [3.05, 3.63) is 0 Å². The van der Waals surface area contributed by atoms with Crippen molar-refractivity contribution in [2.45, 2.75) is 0 Å². The van der Waals surface area contributed by atoms with E-state index in [1.807, 2.05) is 0 Å². The molecule has 0 aromatic rings. The molecule has 0 aliphatic carbocycles. The van der Waals surface area contributed by atoms with Crippen LogP contribution >= 0.6 is 0 Å². The Bertz CT molecular complexity index is 9.61. The molecule has 0 aromatic heterocycles. The maximum Gasteiger partial charge on any atom is 0 e. The van der Waals surface area contributed by atoms with E-state index in [0.29, 0.717) is 0 Å². The largest absolute Gasteiger partial charge is 0 e. The number of hydrogen-bond donors (Lipinski definition) is 1. The molecule has 0 heterocycles.